The van der Waals surface area contributed by atoms with Gasteiger partial charge in [0.05, 0.1) is 14.2 Å². The molecule has 10 heteroatoms. The minimum Gasteiger partial charge on any atom is -0.251 e. The van der Waals surface area contributed by atoms with E-state index in [1.165, 1.54) is 0 Å². The van der Waals surface area contributed by atoms with Gasteiger partial charge in [0, 0.05) is 0 Å². The first-order valence-corrected chi connectivity index (χ1v) is 4.98. The molecule has 0 aliphatic heterocycles. The van der Waals surface area contributed by atoms with Crippen molar-refractivity contribution in [2.45, 2.75) is 0 Å². The maximum absolute atomic E-state index is 10.4. The monoisotopic (exact) mass is 222 g/mol. The van der Waals surface area contributed by atoms with Gasteiger partial charge in [-0.05, 0) is 0 Å². The summed E-state index contributed by atoms with van der Waals surface area (Å²) in [4.78, 5) is 3.66. The molecule has 0 aliphatic carbocycles. The van der Waals surface area contributed by atoms with E-state index in [0.29, 0.717) is 0 Å². The van der Waals surface area contributed by atoms with E-state index in [2.05, 4.69) is 17.0 Å². The summed E-state index contributed by atoms with van der Waals surface area (Å²) >= 11 is 0. The van der Waals surface area contributed by atoms with Crippen LogP contribution in [0.2, 0.25) is 0 Å². The first-order valence-electron chi connectivity index (χ1n) is 2.32. The van der Waals surface area contributed by atoms with Crippen LogP contribution in [-0.4, -0.2) is 31.1 Å². The molecule has 0 aromatic rings. The smallest absolute Gasteiger partial charge is 0.251 e. The average Bonchev–Trinajstić information content (AvgIpc) is 1.85. The fourth-order valence-corrected chi connectivity index (χ4v) is 1.52. The van der Waals surface area contributed by atoms with Crippen LogP contribution < -0.4 is 0 Å². The lowest BCUT2D eigenvalue weighted by Crippen LogP contribution is -2.16. The zero-order valence-electron chi connectivity index (χ0n) is 6.08. The third-order valence-corrected chi connectivity index (χ3v) is 2.57. The van der Waals surface area contributed by atoms with E-state index in [4.69, 9.17) is 0 Å². The molecule has 0 aromatic carbocycles. The number of hydrogen-bond donors (Lipinski definition) is 0. The Morgan fingerprint density at radius 3 is 1.75 bits per heavy atom. The molecule has 0 saturated heterocycles. The maximum atomic E-state index is 10.4. The summed E-state index contributed by atoms with van der Waals surface area (Å²) in [6, 6.07) is 0. The lowest BCUT2D eigenvalue weighted by molar-refractivity contribution is -0.178. The van der Waals surface area contributed by atoms with Crippen molar-refractivity contribution in [1.82, 2.24) is 0 Å². The molecule has 0 saturated carbocycles. The molecule has 0 aliphatic rings. The summed E-state index contributed by atoms with van der Waals surface area (Å²) in [6.45, 7) is 0. The minimum absolute atomic E-state index is 0.720. The van der Waals surface area contributed by atoms with Crippen LogP contribution in [0.3, 0.4) is 0 Å². The highest BCUT2D eigenvalue weighted by Crippen LogP contribution is 2.03. The Labute approximate surface area is 69.6 Å². The van der Waals surface area contributed by atoms with E-state index in [-0.39, 0.29) is 0 Å². The molecule has 8 nitrogen and oxygen atoms in total. The molecular formula is C2H6O8S2. The second-order valence-electron chi connectivity index (χ2n) is 1.29. The van der Waals surface area contributed by atoms with Crippen molar-refractivity contribution in [3.63, 3.8) is 0 Å². The molecule has 0 N–H and O–H groups in total. The first kappa shape index (κ1) is 11.7. The highest BCUT2D eigenvalue weighted by Gasteiger charge is 2.24. The van der Waals surface area contributed by atoms with Crippen molar-refractivity contribution < 1.29 is 33.9 Å². The van der Waals surface area contributed by atoms with Gasteiger partial charge in [0.2, 0.25) is 0 Å². The molecule has 0 fully saturated rings. The van der Waals surface area contributed by atoms with Crippen LogP contribution in [0, 0.1) is 0 Å². The standard InChI is InChI=1S/C2H6O8S2/c1-7-9-12(5,6)10-11(3,4)8-2/h1-2H3. The summed E-state index contributed by atoms with van der Waals surface area (Å²) in [5.74, 6) is 0. The van der Waals surface area contributed by atoms with E-state index in [1.54, 1.807) is 0 Å². The molecule has 0 atom stereocenters. The fourth-order valence-electron chi connectivity index (χ4n) is 0.225. The van der Waals surface area contributed by atoms with Gasteiger partial charge in [-0.15, -0.1) is 0 Å². The third-order valence-electron chi connectivity index (χ3n) is 0.522. The zero-order valence-corrected chi connectivity index (χ0v) is 7.72. The highest BCUT2D eigenvalue weighted by molar-refractivity contribution is 7.95. The van der Waals surface area contributed by atoms with Crippen LogP contribution in [0.1, 0.15) is 0 Å². The summed E-state index contributed by atoms with van der Waals surface area (Å²) < 4.78 is 51.9. The molecule has 0 bridgehead atoms. The lowest BCUT2D eigenvalue weighted by Gasteiger charge is -2.00. The molecule has 12 heavy (non-hydrogen) atoms. The molecule has 0 unspecified atom stereocenters. The summed E-state index contributed by atoms with van der Waals surface area (Å²) in [5.41, 5.74) is 0. The van der Waals surface area contributed by atoms with Crippen LogP contribution in [0.15, 0.2) is 0 Å². The van der Waals surface area contributed by atoms with Gasteiger partial charge in [-0.2, -0.15) is 16.8 Å². The number of hydrogen-bond acceptors (Lipinski definition) is 8. The molecule has 0 spiro atoms. The Morgan fingerprint density at radius 2 is 1.42 bits per heavy atom. The van der Waals surface area contributed by atoms with Crippen LogP contribution >= 0.6 is 0 Å². The van der Waals surface area contributed by atoms with Gasteiger partial charge >= 0.3 is 20.8 Å². The molecule has 74 valence electrons. The SMILES string of the molecule is COOS(=O)(=O)OS(=O)(=O)OC. The van der Waals surface area contributed by atoms with Crippen molar-refractivity contribution in [2.75, 3.05) is 14.2 Å². The Balaban J connectivity index is 4.47. The van der Waals surface area contributed by atoms with Gasteiger partial charge in [-0.3, -0.25) is 4.18 Å². The van der Waals surface area contributed by atoms with Gasteiger partial charge in [0.15, 0.2) is 0 Å². The lowest BCUT2D eigenvalue weighted by atomic mass is 11.8. The van der Waals surface area contributed by atoms with E-state index in [0.717, 1.165) is 14.2 Å². The second kappa shape index (κ2) is 4.11. The Hall–Kier alpha value is -0.260. The quantitative estimate of drug-likeness (QED) is 0.418. The van der Waals surface area contributed by atoms with Crippen molar-refractivity contribution >= 4 is 20.8 Å². The molecular weight excluding hydrogens is 216 g/mol. The van der Waals surface area contributed by atoms with Gasteiger partial charge in [0.25, 0.3) is 0 Å². The third kappa shape index (κ3) is 4.58. The summed E-state index contributed by atoms with van der Waals surface area (Å²) in [5, 5.41) is 0. The van der Waals surface area contributed by atoms with Gasteiger partial charge in [-0.1, -0.05) is 7.96 Å². The molecule has 0 aromatic heterocycles. The Bertz CT molecular complexity index is 309. The molecule has 0 radical (unpaired) electrons. The normalized spacial score (nSPS) is 13.2. The zero-order chi connectivity index (χ0) is 9.83. The van der Waals surface area contributed by atoms with E-state index >= 15 is 0 Å². The summed E-state index contributed by atoms with van der Waals surface area (Å²) in [6.07, 6.45) is 0. The van der Waals surface area contributed by atoms with E-state index in [1.807, 2.05) is 0 Å². The van der Waals surface area contributed by atoms with Crippen molar-refractivity contribution in [1.29, 1.82) is 0 Å². The van der Waals surface area contributed by atoms with Crippen LogP contribution in [-0.2, 0) is 37.8 Å². The highest BCUT2D eigenvalue weighted by atomic mass is 32.3. The van der Waals surface area contributed by atoms with Crippen molar-refractivity contribution in [2.24, 2.45) is 0 Å². The number of rotatable bonds is 5. The molecule has 0 amide bonds. The largest absolute Gasteiger partial charge is 0.443 e. The van der Waals surface area contributed by atoms with Gasteiger partial charge in [-0.25, -0.2) is 4.89 Å². The van der Waals surface area contributed by atoms with E-state index in [9.17, 15) is 16.8 Å². The Morgan fingerprint density at radius 1 is 0.917 bits per heavy atom. The van der Waals surface area contributed by atoms with E-state index < -0.39 is 20.8 Å². The average molecular weight is 222 g/mol. The predicted molar refractivity (Wildman–Crippen MR) is 34.0 cm³/mol. The predicted octanol–water partition coefficient (Wildman–Crippen LogP) is -1.28. The second-order valence-corrected chi connectivity index (χ2v) is 3.93. The van der Waals surface area contributed by atoms with Gasteiger partial charge < -0.3 is 0 Å². The Kier molecular flexibility index (Phi) is 4.02. The van der Waals surface area contributed by atoms with Crippen molar-refractivity contribution in [3.05, 3.63) is 0 Å². The van der Waals surface area contributed by atoms with Crippen LogP contribution in [0.25, 0.3) is 0 Å². The molecule has 0 rings (SSSR count). The molecule has 0 heterocycles. The van der Waals surface area contributed by atoms with Gasteiger partial charge in [0.1, 0.15) is 0 Å². The summed E-state index contributed by atoms with van der Waals surface area (Å²) in [7, 11) is -7.75. The minimum atomic E-state index is -4.74. The topological polar surface area (TPSA) is 105 Å². The maximum Gasteiger partial charge on any atom is 0.443 e. The van der Waals surface area contributed by atoms with Crippen LogP contribution in [0.4, 0.5) is 0 Å². The van der Waals surface area contributed by atoms with Crippen LogP contribution in [0.5, 0.6) is 0 Å². The fraction of sp³-hybridized carbons (Fsp3) is 1.00. The first-order chi connectivity index (χ1) is 5.33. The van der Waals surface area contributed by atoms with Crippen molar-refractivity contribution in [3.8, 4) is 0 Å².